The molecule has 0 radical (unpaired) electrons. The van der Waals surface area contributed by atoms with Gasteiger partial charge in [0, 0.05) is 31.1 Å². The molecule has 2 heterocycles. The number of benzene rings is 1. The summed E-state index contributed by atoms with van der Waals surface area (Å²) in [5.74, 6) is 2.17. The van der Waals surface area contributed by atoms with Crippen molar-refractivity contribution in [2.24, 2.45) is 5.92 Å². The number of nitrogens with zero attached hydrogens (tertiary/aromatic N) is 3. The third-order valence-electron chi connectivity index (χ3n) is 6.38. The number of nitro groups is 1. The van der Waals surface area contributed by atoms with E-state index in [1.165, 1.54) is 24.0 Å². The maximum absolute atomic E-state index is 11.9. The van der Waals surface area contributed by atoms with Gasteiger partial charge in [0.25, 0.3) is 5.69 Å². The second-order valence-corrected chi connectivity index (χ2v) is 8.68. The highest BCUT2D eigenvalue weighted by Gasteiger charge is 2.51. The molecule has 0 saturated heterocycles. The van der Waals surface area contributed by atoms with Crippen molar-refractivity contribution in [3.8, 4) is 0 Å². The molecule has 1 aromatic heterocycles. The van der Waals surface area contributed by atoms with Crippen LogP contribution in [0.1, 0.15) is 52.5 Å². The molecule has 7 nitrogen and oxygen atoms in total. The number of nitrogens with one attached hydrogen (secondary N) is 1. The molecule has 0 bridgehead atoms. The van der Waals surface area contributed by atoms with E-state index in [0.717, 1.165) is 41.9 Å². The quantitative estimate of drug-likeness (QED) is 0.549. The Labute approximate surface area is 169 Å². The summed E-state index contributed by atoms with van der Waals surface area (Å²) in [6, 6.07) is 3.71. The van der Waals surface area contributed by atoms with Crippen molar-refractivity contribution in [2.75, 3.05) is 11.9 Å². The van der Waals surface area contributed by atoms with Crippen molar-refractivity contribution in [1.29, 1.82) is 0 Å². The van der Waals surface area contributed by atoms with Gasteiger partial charge in [0.2, 0.25) is 5.95 Å². The molecule has 0 amide bonds. The van der Waals surface area contributed by atoms with E-state index in [1.807, 2.05) is 13.8 Å². The molecule has 1 aromatic carbocycles. The number of hydrogen-bond donors (Lipinski definition) is 1. The first kappa shape index (κ1) is 18.2. The molecule has 0 spiro atoms. The van der Waals surface area contributed by atoms with Crippen molar-refractivity contribution < 1.29 is 9.66 Å². The molecule has 1 unspecified atom stereocenters. The summed E-state index contributed by atoms with van der Waals surface area (Å²) in [5, 5.41) is 15.2. The summed E-state index contributed by atoms with van der Waals surface area (Å²) >= 11 is 0. The van der Waals surface area contributed by atoms with E-state index >= 15 is 0 Å². The minimum Gasteiger partial charge on any atom is -0.487 e. The zero-order chi connectivity index (χ0) is 20.5. The van der Waals surface area contributed by atoms with Crippen LogP contribution in [0.3, 0.4) is 0 Å². The summed E-state index contributed by atoms with van der Waals surface area (Å²) in [6.07, 6.45) is 3.33. The van der Waals surface area contributed by atoms with Crippen molar-refractivity contribution >= 4 is 28.2 Å². The lowest BCUT2D eigenvalue weighted by atomic mass is 9.94. The topological polar surface area (TPSA) is 82.2 Å². The molecule has 152 valence electrons. The highest BCUT2D eigenvalue weighted by Crippen LogP contribution is 2.56. The number of imidazole rings is 1. The largest absolute Gasteiger partial charge is 0.487 e. The predicted octanol–water partition coefficient (Wildman–Crippen LogP) is 5.03. The van der Waals surface area contributed by atoms with Crippen molar-refractivity contribution in [3.63, 3.8) is 0 Å². The van der Waals surface area contributed by atoms with Crippen LogP contribution in [-0.2, 0) is 11.3 Å². The Morgan fingerprint density at radius 3 is 2.79 bits per heavy atom. The first-order valence-electron chi connectivity index (χ1n) is 10.4. The van der Waals surface area contributed by atoms with Gasteiger partial charge in [0.15, 0.2) is 5.52 Å². The van der Waals surface area contributed by atoms with Crippen LogP contribution in [0.4, 0.5) is 11.6 Å². The number of aromatic nitrogens is 2. The normalized spacial score (nSPS) is 23.3. The third-order valence-corrected chi connectivity index (χ3v) is 6.38. The fourth-order valence-electron chi connectivity index (χ4n) is 4.67. The van der Waals surface area contributed by atoms with Crippen LogP contribution in [0.15, 0.2) is 29.0 Å². The molecule has 2 aliphatic carbocycles. The fourth-order valence-corrected chi connectivity index (χ4v) is 4.67. The van der Waals surface area contributed by atoms with Gasteiger partial charge in [0.1, 0.15) is 11.4 Å². The number of fused-ring (bicyclic) bond motifs is 2. The number of anilines is 1. The Hall–Kier alpha value is -2.83. The molecule has 7 heteroatoms. The summed E-state index contributed by atoms with van der Waals surface area (Å²) in [6.45, 7) is 9.73. The molecule has 1 N–H and O–H groups in total. The lowest BCUT2D eigenvalue weighted by Crippen LogP contribution is -2.14. The molecule has 1 aliphatic heterocycles. The van der Waals surface area contributed by atoms with Crippen LogP contribution >= 0.6 is 0 Å². The molecule has 1 atom stereocenters. The van der Waals surface area contributed by atoms with Gasteiger partial charge in [-0.2, -0.15) is 0 Å². The van der Waals surface area contributed by atoms with Crippen LogP contribution in [0.2, 0.25) is 0 Å². The molecular formula is C22H26N4O3. The van der Waals surface area contributed by atoms with Crippen LogP contribution in [-0.4, -0.2) is 26.6 Å². The lowest BCUT2D eigenvalue weighted by Gasteiger charge is -2.23. The second-order valence-electron chi connectivity index (χ2n) is 8.68. The first-order chi connectivity index (χ1) is 13.8. The molecule has 2 saturated carbocycles. The van der Waals surface area contributed by atoms with Gasteiger partial charge < -0.3 is 14.6 Å². The summed E-state index contributed by atoms with van der Waals surface area (Å²) < 4.78 is 8.28. The van der Waals surface area contributed by atoms with Crippen LogP contribution < -0.4 is 5.32 Å². The highest BCUT2D eigenvalue weighted by atomic mass is 16.6. The average molecular weight is 394 g/mol. The van der Waals surface area contributed by atoms with Crippen molar-refractivity contribution in [2.45, 2.75) is 59.1 Å². The Morgan fingerprint density at radius 1 is 1.38 bits per heavy atom. The maximum atomic E-state index is 11.9. The number of allylic oxidation sites excluding steroid dienone is 3. The number of nitro benzene ring substituents is 1. The molecule has 3 aliphatic rings. The Morgan fingerprint density at radius 2 is 2.14 bits per heavy atom. The van der Waals surface area contributed by atoms with Crippen molar-refractivity contribution in [1.82, 2.24) is 9.55 Å². The molecular weight excluding hydrogens is 368 g/mol. The zero-order valence-corrected chi connectivity index (χ0v) is 17.3. The minimum atomic E-state index is -0.320. The van der Waals surface area contributed by atoms with E-state index in [9.17, 15) is 10.1 Å². The number of hydrogen-bond acceptors (Lipinski definition) is 5. The number of non-ortho nitro benzene ring substituents is 1. The summed E-state index contributed by atoms with van der Waals surface area (Å²) in [5.41, 5.74) is 5.43. The molecule has 2 aromatic rings. The smallest absolute Gasteiger partial charge is 0.297 e. The van der Waals surface area contributed by atoms with E-state index in [0.29, 0.717) is 17.4 Å². The SMILES string of the molecule is CCNc1nc2c([N+](=O)[O-])cc(C3=C(C)OC4(C)CC4=C3C)cc2n1CC1CC1. The van der Waals surface area contributed by atoms with Gasteiger partial charge in [-0.25, -0.2) is 4.98 Å². The zero-order valence-electron chi connectivity index (χ0n) is 17.3. The van der Waals surface area contributed by atoms with E-state index in [1.54, 1.807) is 6.07 Å². The standard InChI is InChI=1S/C22H26N4O3/c1-5-23-21-24-20-17(25(21)11-14-6-7-14)8-15(9-18(20)26(27)28)19-12(2)16-10-22(16,4)29-13(19)3/h8-9,14H,5-7,10-11H2,1-4H3,(H,23,24). The van der Waals surface area contributed by atoms with E-state index < -0.39 is 0 Å². The van der Waals surface area contributed by atoms with Gasteiger partial charge in [-0.15, -0.1) is 0 Å². The third kappa shape index (κ3) is 2.82. The minimum absolute atomic E-state index is 0.0495. The maximum Gasteiger partial charge on any atom is 0.297 e. The second kappa shape index (κ2) is 6.08. The average Bonchev–Trinajstić information content (AvgIpc) is 3.55. The first-order valence-corrected chi connectivity index (χ1v) is 10.4. The van der Waals surface area contributed by atoms with Crippen molar-refractivity contribution in [3.05, 3.63) is 44.7 Å². The van der Waals surface area contributed by atoms with E-state index in [-0.39, 0.29) is 16.2 Å². The van der Waals surface area contributed by atoms with Gasteiger partial charge in [-0.05, 0) is 69.2 Å². The lowest BCUT2D eigenvalue weighted by molar-refractivity contribution is -0.383. The molecule has 5 rings (SSSR count). The van der Waals surface area contributed by atoms with Gasteiger partial charge in [-0.3, -0.25) is 10.1 Å². The van der Waals surface area contributed by atoms with Crippen LogP contribution in [0, 0.1) is 16.0 Å². The Kier molecular flexibility index (Phi) is 3.82. The van der Waals surface area contributed by atoms with Gasteiger partial charge in [-0.1, -0.05) is 0 Å². The highest BCUT2D eigenvalue weighted by molar-refractivity contribution is 5.94. The molecule has 29 heavy (non-hydrogen) atoms. The van der Waals surface area contributed by atoms with E-state index in [4.69, 9.17) is 4.74 Å². The summed E-state index contributed by atoms with van der Waals surface area (Å²) in [7, 11) is 0. The van der Waals surface area contributed by atoms with Gasteiger partial charge in [0.05, 0.1) is 10.4 Å². The van der Waals surface area contributed by atoms with Crippen LogP contribution in [0.25, 0.3) is 16.6 Å². The molecule has 2 fully saturated rings. The Bertz CT molecular complexity index is 1120. The fraction of sp³-hybridized carbons (Fsp3) is 0.500. The van der Waals surface area contributed by atoms with E-state index in [2.05, 4.69) is 34.8 Å². The summed E-state index contributed by atoms with van der Waals surface area (Å²) in [4.78, 5) is 16.2. The predicted molar refractivity (Wildman–Crippen MR) is 113 cm³/mol. The van der Waals surface area contributed by atoms with Gasteiger partial charge >= 0.3 is 0 Å². The Balaban J connectivity index is 1.73. The monoisotopic (exact) mass is 394 g/mol. The number of ether oxygens (including phenoxy) is 1. The van der Waals surface area contributed by atoms with Crippen LogP contribution in [0.5, 0.6) is 0 Å². The number of rotatable bonds is 6.